The number of benzene rings is 1. The minimum Gasteiger partial charge on any atom is -0.207 e. The van der Waals surface area contributed by atoms with Gasteiger partial charge in [0, 0.05) is 18.8 Å². The fraction of sp³-hybridized carbons (Fsp3) is 0.500. The van der Waals surface area contributed by atoms with Crippen LogP contribution in [-0.2, 0) is 10.0 Å². The second-order valence-corrected chi connectivity index (χ2v) is 7.51. The normalized spacial score (nSPS) is 13.2. The van der Waals surface area contributed by atoms with Crippen LogP contribution in [0.1, 0.15) is 24.5 Å². The molecule has 0 spiro atoms. The van der Waals surface area contributed by atoms with Gasteiger partial charge in [-0.1, -0.05) is 13.0 Å². The van der Waals surface area contributed by atoms with E-state index in [9.17, 15) is 8.42 Å². The fourth-order valence-electron chi connectivity index (χ4n) is 1.97. The van der Waals surface area contributed by atoms with Crippen molar-refractivity contribution in [2.24, 2.45) is 0 Å². The highest BCUT2D eigenvalue weighted by Crippen LogP contribution is 2.23. The maximum Gasteiger partial charge on any atom is 0.243 e. The number of thioether (sulfide) groups is 1. The number of hydrogen-bond acceptors (Lipinski definition) is 4. The zero-order valence-corrected chi connectivity index (χ0v) is 13.9. The Morgan fingerprint density at radius 1 is 1.45 bits per heavy atom. The van der Waals surface area contributed by atoms with Crippen molar-refractivity contribution >= 4 is 21.8 Å². The first kappa shape index (κ1) is 17.0. The smallest absolute Gasteiger partial charge is 0.207 e. The van der Waals surface area contributed by atoms with Gasteiger partial charge in [-0.05, 0) is 37.3 Å². The summed E-state index contributed by atoms with van der Waals surface area (Å²) in [6.45, 7) is 3.73. The molecule has 0 amide bonds. The Kier molecular flexibility index (Phi) is 6.06. The molecule has 0 bridgehead atoms. The molecule has 1 unspecified atom stereocenters. The molecule has 0 aliphatic heterocycles. The Morgan fingerprint density at radius 2 is 2.10 bits per heavy atom. The summed E-state index contributed by atoms with van der Waals surface area (Å²) in [7, 11) is -1.96. The molecule has 0 aromatic heterocycles. The van der Waals surface area contributed by atoms with E-state index in [1.807, 2.05) is 19.2 Å². The van der Waals surface area contributed by atoms with Gasteiger partial charge < -0.3 is 0 Å². The monoisotopic (exact) mass is 312 g/mol. The third kappa shape index (κ3) is 3.54. The van der Waals surface area contributed by atoms with E-state index in [0.717, 1.165) is 12.2 Å². The van der Waals surface area contributed by atoms with Crippen LogP contribution in [0.2, 0.25) is 0 Å². The minimum atomic E-state index is -3.57. The summed E-state index contributed by atoms with van der Waals surface area (Å²) < 4.78 is 26.8. The maximum atomic E-state index is 12.7. The zero-order valence-electron chi connectivity index (χ0n) is 12.3. The lowest BCUT2D eigenvalue weighted by Crippen LogP contribution is -2.38. The summed E-state index contributed by atoms with van der Waals surface area (Å²) in [6, 6.07) is 6.70. The standard InChI is InChI=1S/C14H20N2O2S2/c1-5-13(10-19-4)16(3)20(17,18)14-8-12(9-15)7-6-11(14)2/h6-8,13H,5,10H2,1-4H3. The first-order valence-corrected chi connectivity index (χ1v) is 9.19. The van der Waals surface area contributed by atoms with Crippen molar-refractivity contribution in [1.82, 2.24) is 4.31 Å². The second kappa shape index (κ2) is 7.11. The first-order valence-electron chi connectivity index (χ1n) is 6.36. The number of hydrogen-bond donors (Lipinski definition) is 0. The largest absolute Gasteiger partial charge is 0.243 e. The first-order chi connectivity index (χ1) is 9.38. The Hall–Kier alpha value is -1.03. The molecule has 0 saturated carbocycles. The minimum absolute atomic E-state index is 0.0415. The lowest BCUT2D eigenvalue weighted by Gasteiger charge is -2.26. The van der Waals surface area contributed by atoms with E-state index in [1.165, 1.54) is 10.4 Å². The summed E-state index contributed by atoms with van der Waals surface area (Å²) >= 11 is 1.63. The average molecular weight is 312 g/mol. The van der Waals surface area contributed by atoms with Crippen LogP contribution in [0.25, 0.3) is 0 Å². The quantitative estimate of drug-likeness (QED) is 0.810. The Labute approximate surface area is 125 Å². The lowest BCUT2D eigenvalue weighted by molar-refractivity contribution is 0.385. The summed E-state index contributed by atoms with van der Waals surface area (Å²) in [6.07, 6.45) is 2.72. The van der Waals surface area contributed by atoms with Gasteiger partial charge in [0.15, 0.2) is 0 Å². The van der Waals surface area contributed by atoms with Gasteiger partial charge in [0.25, 0.3) is 0 Å². The van der Waals surface area contributed by atoms with Crippen LogP contribution in [0.4, 0.5) is 0 Å². The van der Waals surface area contributed by atoms with Gasteiger partial charge in [-0.3, -0.25) is 0 Å². The van der Waals surface area contributed by atoms with E-state index in [2.05, 4.69) is 0 Å². The molecule has 1 rings (SSSR count). The molecule has 0 heterocycles. The molecule has 1 aromatic rings. The summed E-state index contributed by atoms with van der Waals surface area (Å²) in [5.74, 6) is 0.753. The van der Waals surface area contributed by atoms with Gasteiger partial charge in [-0.2, -0.15) is 21.3 Å². The average Bonchev–Trinajstić information content (AvgIpc) is 2.44. The molecule has 1 aromatic carbocycles. The molecule has 0 fully saturated rings. The number of rotatable bonds is 6. The highest BCUT2D eigenvalue weighted by atomic mass is 32.2. The zero-order chi connectivity index (χ0) is 15.3. The van der Waals surface area contributed by atoms with Crippen molar-refractivity contribution in [1.29, 1.82) is 5.26 Å². The van der Waals surface area contributed by atoms with Crippen LogP contribution >= 0.6 is 11.8 Å². The molecule has 0 radical (unpaired) electrons. The van der Waals surface area contributed by atoms with Crippen LogP contribution in [-0.4, -0.2) is 37.8 Å². The molecular weight excluding hydrogens is 292 g/mol. The number of aryl methyl sites for hydroxylation is 1. The molecule has 0 saturated heterocycles. The van der Waals surface area contributed by atoms with Crippen LogP contribution in [0.3, 0.4) is 0 Å². The van der Waals surface area contributed by atoms with Gasteiger partial charge >= 0.3 is 0 Å². The fourth-order valence-corrected chi connectivity index (χ4v) is 4.59. The summed E-state index contributed by atoms with van der Waals surface area (Å²) in [5, 5.41) is 8.94. The van der Waals surface area contributed by atoms with Gasteiger partial charge in [0.05, 0.1) is 16.5 Å². The van der Waals surface area contributed by atoms with E-state index in [4.69, 9.17) is 5.26 Å². The van der Waals surface area contributed by atoms with Gasteiger partial charge in [-0.15, -0.1) is 0 Å². The topological polar surface area (TPSA) is 61.2 Å². The van der Waals surface area contributed by atoms with Crippen LogP contribution in [0.15, 0.2) is 23.1 Å². The number of nitrogens with zero attached hydrogens (tertiary/aromatic N) is 2. The van der Waals surface area contributed by atoms with E-state index in [0.29, 0.717) is 11.1 Å². The third-order valence-electron chi connectivity index (χ3n) is 3.32. The highest BCUT2D eigenvalue weighted by molar-refractivity contribution is 7.98. The molecule has 6 heteroatoms. The van der Waals surface area contributed by atoms with Gasteiger partial charge in [0.1, 0.15) is 0 Å². The predicted molar refractivity (Wildman–Crippen MR) is 83.3 cm³/mol. The van der Waals surface area contributed by atoms with E-state index in [-0.39, 0.29) is 10.9 Å². The number of nitriles is 1. The van der Waals surface area contributed by atoms with Crippen molar-refractivity contribution in [2.75, 3.05) is 19.1 Å². The SMILES string of the molecule is CCC(CSC)N(C)S(=O)(=O)c1cc(C#N)ccc1C. The summed E-state index contributed by atoms with van der Waals surface area (Å²) in [5.41, 5.74) is 1.02. The summed E-state index contributed by atoms with van der Waals surface area (Å²) in [4.78, 5) is 0.221. The molecule has 0 aliphatic rings. The van der Waals surface area contributed by atoms with Crippen LogP contribution in [0, 0.1) is 18.3 Å². The molecule has 20 heavy (non-hydrogen) atoms. The Balaban J connectivity index is 3.26. The molecular formula is C14H20N2O2S2. The van der Waals surface area contributed by atoms with Gasteiger partial charge in [0.2, 0.25) is 10.0 Å². The highest BCUT2D eigenvalue weighted by Gasteiger charge is 2.28. The van der Waals surface area contributed by atoms with Crippen molar-refractivity contribution in [3.63, 3.8) is 0 Å². The van der Waals surface area contributed by atoms with Crippen molar-refractivity contribution in [2.45, 2.75) is 31.2 Å². The van der Waals surface area contributed by atoms with Gasteiger partial charge in [-0.25, -0.2) is 8.42 Å². The van der Waals surface area contributed by atoms with Crippen molar-refractivity contribution < 1.29 is 8.42 Å². The number of sulfonamides is 1. The van der Waals surface area contributed by atoms with Crippen LogP contribution < -0.4 is 0 Å². The lowest BCUT2D eigenvalue weighted by atomic mass is 10.2. The van der Waals surface area contributed by atoms with Crippen LogP contribution in [0.5, 0.6) is 0 Å². The molecule has 0 N–H and O–H groups in total. The van der Waals surface area contributed by atoms with E-state index < -0.39 is 10.0 Å². The Morgan fingerprint density at radius 3 is 2.60 bits per heavy atom. The molecule has 110 valence electrons. The maximum absolute atomic E-state index is 12.7. The molecule has 4 nitrogen and oxygen atoms in total. The second-order valence-electron chi connectivity index (χ2n) is 4.63. The molecule has 1 atom stereocenters. The Bertz CT molecular complexity index is 606. The van der Waals surface area contributed by atoms with Crippen molar-refractivity contribution in [3.8, 4) is 6.07 Å². The van der Waals surface area contributed by atoms with E-state index in [1.54, 1.807) is 37.9 Å². The van der Waals surface area contributed by atoms with E-state index >= 15 is 0 Å². The molecule has 0 aliphatic carbocycles. The third-order valence-corrected chi connectivity index (χ3v) is 6.09. The predicted octanol–water partition coefficient (Wildman–Crippen LogP) is 2.63. The van der Waals surface area contributed by atoms with Crippen molar-refractivity contribution in [3.05, 3.63) is 29.3 Å².